The minimum atomic E-state index is 0.242. The number of hydrogen-bond acceptors (Lipinski definition) is 4. The SMILES string of the molecule is O=C1CCCN1CCOc1ccc(CNNc2ccccc2)cc1. The third-order valence-corrected chi connectivity index (χ3v) is 4.02. The van der Waals surface area contributed by atoms with Crippen LogP contribution in [0.4, 0.5) is 5.69 Å². The molecule has 1 aliphatic rings. The lowest BCUT2D eigenvalue weighted by atomic mass is 10.2. The van der Waals surface area contributed by atoms with Crippen LogP contribution in [0.2, 0.25) is 0 Å². The molecule has 1 amide bonds. The number of hydrogen-bond donors (Lipinski definition) is 2. The largest absolute Gasteiger partial charge is 0.492 e. The van der Waals surface area contributed by atoms with Crippen molar-refractivity contribution in [3.63, 3.8) is 0 Å². The number of carbonyl (C=O) groups excluding carboxylic acids is 1. The van der Waals surface area contributed by atoms with Crippen molar-refractivity contribution < 1.29 is 9.53 Å². The lowest BCUT2D eigenvalue weighted by molar-refractivity contribution is -0.128. The van der Waals surface area contributed by atoms with Gasteiger partial charge >= 0.3 is 0 Å². The first-order valence-electron chi connectivity index (χ1n) is 8.35. The summed E-state index contributed by atoms with van der Waals surface area (Å²) < 4.78 is 5.72. The third kappa shape index (κ3) is 4.73. The minimum absolute atomic E-state index is 0.242. The number of carbonyl (C=O) groups is 1. The lowest BCUT2D eigenvalue weighted by Crippen LogP contribution is -2.29. The quantitative estimate of drug-likeness (QED) is 0.733. The van der Waals surface area contributed by atoms with Gasteiger partial charge in [0.05, 0.1) is 6.54 Å². The zero-order chi connectivity index (χ0) is 16.6. The fraction of sp³-hybridized carbons (Fsp3) is 0.316. The van der Waals surface area contributed by atoms with Crippen LogP contribution in [0.15, 0.2) is 54.6 Å². The van der Waals surface area contributed by atoms with Crippen molar-refractivity contribution >= 4 is 11.6 Å². The van der Waals surface area contributed by atoms with Crippen LogP contribution in [-0.2, 0) is 11.3 Å². The van der Waals surface area contributed by atoms with Gasteiger partial charge in [0.15, 0.2) is 0 Å². The van der Waals surface area contributed by atoms with Gasteiger partial charge in [0, 0.05) is 25.2 Å². The molecule has 0 bridgehead atoms. The van der Waals surface area contributed by atoms with Gasteiger partial charge in [-0.05, 0) is 36.2 Å². The Bertz CT molecular complexity index is 643. The van der Waals surface area contributed by atoms with E-state index < -0.39 is 0 Å². The fourth-order valence-electron chi connectivity index (χ4n) is 2.69. The summed E-state index contributed by atoms with van der Waals surface area (Å²) in [6.07, 6.45) is 1.65. The van der Waals surface area contributed by atoms with Gasteiger partial charge in [-0.15, -0.1) is 0 Å². The van der Waals surface area contributed by atoms with Crippen molar-refractivity contribution in [1.82, 2.24) is 10.3 Å². The van der Waals surface area contributed by atoms with Gasteiger partial charge in [0.1, 0.15) is 12.4 Å². The second-order valence-corrected chi connectivity index (χ2v) is 5.82. The summed E-state index contributed by atoms with van der Waals surface area (Å²) in [5, 5.41) is 0. The number of nitrogens with one attached hydrogen (secondary N) is 2. The van der Waals surface area contributed by atoms with Crippen LogP contribution in [0, 0.1) is 0 Å². The van der Waals surface area contributed by atoms with Crippen LogP contribution in [0.5, 0.6) is 5.75 Å². The minimum Gasteiger partial charge on any atom is -0.492 e. The van der Waals surface area contributed by atoms with Gasteiger partial charge in [0.25, 0.3) is 0 Å². The van der Waals surface area contributed by atoms with Gasteiger partial charge in [0.2, 0.25) is 5.91 Å². The van der Waals surface area contributed by atoms with Crippen molar-refractivity contribution in [3.8, 4) is 5.75 Å². The lowest BCUT2D eigenvalue weighted by Gasteiger charge is -2.16. The molecule has 1 fully saturated rings. The molecule has 1 aliphatic heterocycles. The highest BCUT2D eigenvalue weighted by molar-refractivity contribution is 5.78. The van der Waals surface area contributed by atoms with Crippen LogP contribution < -0.4 is 15.6 Å². The summed E-state index contributed by atoms with van der Waals surface area (Å²) in [5.41, 5.74) is 8.55. The van der Waals surface area contributed by atoms with E-state index in [4.69, 9.17) is 4.74 Å². The molecule has 1 heterocycles. The monoisotopic (exact) mass is 325 g/mol. The normalized spacial score (nSPS) is 14.0. The number of ether oxygens (including phenoxy) is 1. The highest BCUT2D eigenvalue weighted by Gasteiger charge is 2.19. The van der Waals surface area contributed by atoms with Gasteiger partial charge < -0.3 is 15.1 Å². The van der Waals surface area contributed by atoms with Gasteiger partial charge in [-0.1, -0.05) is 30.3 Å². The number of para-hydroxylation sites is 1. The third-order valence-electron chi connectivity index (χ3n) is 4.02. The molecule has 0 aromatic heterocycles. The average Bonchev–Trinajstić information content (AvgIpc) is 3.02. The maximum atomic E-state index is 11.5. The van der Waals surface area contributed by atoms with Gasteiger partial charge in [-0.25, -0.2) is 5.43 Å². The molecule has 24 heavy (non-hydrogen) atoms. The van der Waals surface area contributed by atoms with Crippen molar-refractivity contribution in [2.45, 2.75) is 19.4 Å². The molecule has 2 N–H and O–H groups in total. The Morgan fingerprint density at radius 2 is 1.83 bits per heavy atom. The second kappa shape index (κ2) is 8.36. The van der Waals surface area contributed by atoms with Crippen molar-refractivity contribution in [2.75, 3.05) is 25.1 Å². The molecule has 0 saturated carbocycles. The summed E-state index contributed by atoms with van der Waals surface area (Å²) in [4.78, 5) is 13.4. The standard InChI is InChI=1S/C19H23N3O2/c23-19-7-4-12-22(19)13-14-24-18-10-8-16(9-11-18)15-20-21-17-5-2-1-3-6-17/h1-3,5-6,8-11,20-21H,4,7,12-15H2. The average molecular weight is 325 g/mol. The number of nitrogens with zero attached hydrogens (tertiary/aromatic N) is 1. The first-order valence-corrected chi connectivity index (χ1v) is 8.35. The molecule has 0 unspecified atom stereocenters. The highest BCUT2D eigenvalue weighted by Crippen LogP contribution is 2.13. The molecule has 0 spiro atoms. The van der Waals surface area contributed by atoms with Crippen LogP contribution in [0.1, 0.15) is 18.4 Å². The Hall–Kier alpha value is -2.53. The van der Waals surface area contributed by atoms with E-state index in [1.165, 1.54) is 5.56 Å². The molecule has 2 aromatic carbocycles. The second-order valence-electron chi connectivity index (χ2n) is 5.82. The topological polar surface area (TPSA) is 53.6 Å². The molecule has 0 radical (unpaired) electrons. The van der Waals surface area contributed by atoms with Gasteiger partial charge in [-0.3, -0.25) is 4.79 Å². The number of rotatable bonds is 8. The Balaban J connectivity index is 1.38. The van der Waals surface area contributed by atoms with Crippen LogP contribution in [0.25, 0.3) is 0 Å². The first kappa shape index (κ1) is 16.3. The molecule has 1 saturated heterocycles. The predicted octanol–water partition coefficient (Wildman–Crippen LogP) is 2.80. The van der Waals surface area contributed by atoms with E-state index in [2.05, 4.69) is 10.9 Å². The number of benzene rings is 2. The van der Waals surface area contributed by atoms with E-state index in [0.717, 1.165) is 30.9 Å². The zero-order valence-electron chi connectivity index (χ0n) is 13.7. The molecule has 0 aliphatic carbocycles. The summed E-state index contributed by atoms with van der Waals surface area (Å²) in [6.45, 7) is 2.79. The van der Waals surface area contributed by atoms with Crippen LogP contribution in [0.3, 0.4) is 0 Å². The Labute approximate surface area is 142 Å². The number of hydrazine groups is 1. The first-order chi connectivity index (χ1) is 11.8. The van der Waals surface area contributed by atoms with E-state index in [0.29, 0.717) is 19.6 Å². The summed E-state index contributed by atoms with van der Waals surface area (Å²) >= 11 is 0. The molecule has 0 atom stereocenters. The molecule has 126 valence electrons. The maximum absolute atomic E-state index is 11.5. The molecule has 3 rings (SSSR count). The van der Waals surface area contributed by atoms with E-state index in [-0.39, 0.29) is 5.91 Å². The molecule has 2 aromatic rings. The van der Waals surface area contributed by atoms with E-state index in [9.17, 15) is 4.79 Å². The van der Waals surface area contributed by atoms with Gasteiger partial charge in [-0.2, -0.15) is 0 Å². The molecular formula is C19H23N3O2. The molecule has 5 heteroatoms. The Morgan fingerprint density at radius 3 is 2.54 bits per heavy atom. The van der Waals surface area contributed by atoms with E-state index in [1.807, 2.05) is 59.5 Å². The summed E-state index contributed by atoms with van der Waals surface area (Å²) in [7, 11) is 0. The maximum Gasteiger partial charge on any atom is 0.222 e. The van der Waals surface area contributed by atoms with Crippen molar-refractivity contribution in [1.29, 1.82) is 0 Å². The van der Waals surface area contributed by atoms with Crippen LogP contribution in [-0.4, -0.2) is 30.5 Å². The van der Waals surface area contributed by atoms with E-state index >= 15 is 0 Å². The summed E-state index contributed by atoms with van der Waals surface area (Å²) in [6, 6.07) is 18.0. The Kier molecular flexibility index (Phi) is 5.69. The van der Waals surface area contributed by atoms with Crippen LogP contribution >= 0.6 is 0 Å². The number of amides is 1. The summed E-state index contributed by atoms with van der Waals surface area (Å²) in [5.74, 6) is 1.08. The van der Waals surface area contributed by atoms with Crippen molar-refractivity contribution in [3.05, 3.63) is 60.2 Å². The smallest absolute Gasteiger partial charge is 0.222 e. The number of anilines is 1. The van der Waals surface area contributed by atoms with Crippen molar-refractivity contribution in [2.24, 2.45) is 0 Å². The Morgan fingerprint density at radius 1 is 1.04 bits per heavy atom. The number of likely N-dealkylation sites (tertiary alicyclic amines) is 1. The molecule has 5 nitrogen and oxygen atoms in total. The predicted molar refractivity (Wildman–Crippen MR) is 94.7 cm³/mol. The van der Waals surface area contributed by atoms with E-state index in [1.54, 1.807) is 0 Å². The highest BCUT2D eigenvalue weighted by atomic mass is 16.5. The fourth-order valence-corrected chi connectivity index (χ4v) is 2.69. The molecular weight excluding hydrogens is 302 g/mol. The zero-order valence-corrected chi connectivity index (χ0v) is 13.7.